The third-order valence-corrected chi connectivity index (χ3v) is 8.60. The Morgan fingerprint density at radius 2 is 1.02 bits per heavy atom. The minimum atomic E-state index is 0.921. The van der Waals surface area contributed by atoms with E-state index in [2.05, 4.69) is 132 Å². The van der Waals surface area contributed by atoms with Crippen LogP contribution < -0.4 is 0 Å². The van der Waals surface area contributed by atoms with Crippen LogP contribution in [0.25, 0.3) is 83.1 Å². The fourth-order valence-corrected chi connectivity index (χ4v) is 6.38. The molecule has 0 N–H and O–H groups in total. The van der Waals surface area contributed by atoms with Gasteiger partial charge in [-0.25, -0.2) is 15.0 Å². The maximum absolute atomic E-state index is 5.35. The Kier molecular flexibility index (Phi) is 5.78. The Morgan fingerprint density at radius 1 is 0.378 bits per heavy atom. The lowest BCUT2D eigenvalue weighted by atomic mass is 9.95. The number of fused-ring (bicyclic) bond motifs is 6. The van der Waals surface area contributed by atoms with Crippen LogP contribution in [0.1, 0.15) is 0 Å². The third-order valence-electron chi connectivity index (χ3n) is 8.60. The molecule has 0 aliphatic rings. The monoisotopic (exact) mass is 574 g/mol. The van der Waals surface area contributed by atoms with Gasteiger partial charge in [0, 0.05) is 45.2 Å². The summed E-state index contributed by atoms with van der Waals surface area (Å²) in [5.74, 6) is 0. The van der Waals surface area contributed by atoms with Gasteiger partial charge >= 0.3 is 0 Å². The molecule has 5 aromatic carbocycles. The first-order valence-corrected chi connectivity index (χ1v) is 15.1. The molecule has 0 aliphatic heterocycles. The van der Waals surface area contributed by atoms with Crippen LogP contribution in [0.3, 0.4) is 0 Å². The van der Waals surface area contributed by atoms with Gasteiger partial charge in [0.1, 0.15) is 5.65 Å². The van der Waals surface area contributed by atoms with Crippen LogP contribution in [0.2, 0.25) is 0 Å². The summed E-state index contributed by atoms with van der Waals surface area (Å²) in [6, 6.07) is 50.6. The molecule has 0 saturated carbocycles. The first-order chi connectivity index (χ1) is 22.3. The van der Waals surface area contributed by atoms with Crippen molar-refractivity contribution in [1.82, 2.24) is 19.4 Å². The van der Waals surface area contributed by atoms with Gasteiger partial charge in [-0.05, 0) is 52.9 Å². The Morgan fingerprint density at radius 3 is 1.78 bits per heavy atom. The lowest BCUT2D eigenvalue weighted by Crippen LogP contribution is -1.93. The fraction of sp³-hybridized carbons (Fsp3) is 0. The van der Waals surface area contributed by atoms with Crippen LogP contribution in [-0.4, -0.2) is 19.4 Å². The molecule has 0 saturated heterocycles. The molecule has 9 aromatic rings. The number of hydrogen-bond acceptors (Lipinski definition) is 3. The summed E-state index contributed by atoms with van der Waals surface area (Å²) < 4.78 is 2.11. The lowest BCUT2D eigenvalue weighted by molar-refractivity contribution is 1.19. The van der Waals surface area contributed by atoms with Crippen molar-refractivity contribution in [2.45, 2.75) is 0 Å². The van der Waals surface area contributed by atoms with Gasteiger partial charge in [0.05, 0.1) is 28.1 Å². The summed E-state index contributed by atoms with van der Waals surface area (Å²) >= 11 is 0. The minimum absolute atomic E-state index is 0.921. The zero-order chi connectivity index (χ0) is 29.7. The van der Waals surface area contributed by atoms with Gasteiger partial charge in [0.15, 0.2) is 0 Å². The summed E-state index contributed by atoms with van der Waals surface area (Å²) in [5, 5.41) is 4.52. The maximum Gasteiger partial charge on any atom is 0.137 e. The van der Waals surface area contributed by atoms with Crippen LogP contribution in [0, 0.1) is 0 Å². The van der Waals surface area contributed by atoms with Gasteiger partial charge < -0.3 is 4.40 Å². The van der Waals surface area contributed by atoms with Crippen molar-refractivity contribution in [3.05, 3.63) is 158 Å². The molecule has 0 aliphatic carbocycles. The van der Waals surface area contributed by atoms with Crippen molar-refractivity contribution in [2.75, 3.05) is 0 Å². The highest BCUT2D eigenvalue weighted by Crippen LogP contribution is 2.38. The molecule has 4 heteroatoms. The van der Waals surface area contributed by atoms with Crippen LogP contribution in [-0.2, 0) is 0 Å². The molecule has 4 aromatic heterocycles. The molecule has 4 nitrogen and oxygen atoms in total. The van der Waals surface area contributed by atoms with Gasteiger partial charge in [0.25, 0.3) is 0 Å². The molecular formula is C41H26N4. The first kappa shape index (κ1) is 25.4. The molecule has 0 bridgehead atoms. The average Bonchev–Trinajstić information content (AvgIpc) is 3.55. The summed E-state index contributed by atoms with van der Waals surface area (Å²) in [5.41, 5.74) is 11.3. The van der Waals surface area contributed by atoms with Crippen LogP contribution in [0.15, 0.2) is 158 Å². The SMILES string of the molecule is c1ccc(-c2ccc3c(ccc4c5ccc(-c6ccc7nc(-c8ccccc8)cn7c6)cc5nc(-c5ccccc5)c34)n2)cc1. The number of imidazole rings is 1. The average molecular weight is 575 g/mol. The van der Waals surface area contributed by atoms with Crippen LogP contribution in [0.4, 0.5) is 0 Å². The molecule has 210 valence electrons. The Balaban J connectivity index is 1.22. The fourth-order valence-electron chi connectivity index (χ4n) is 6.38. The number of benzene rings is 5. The van der Waals surface area contributed by atoms with Crippen LogP contribution in [0.5, 0.6) is 0 Å². The van der Waals surface area contributed by atoms with Crippen molar-refractivity contribution >= 4 is 38.2 Å². The number of hydrogen-bond donors (Lipinski definition) is 0. The van der Waals surface area contributed by atoms with Gasteiger partial charge in [-0.2, -0.15) is 0 Å². The lowest BCUT2D eigenvalue weighted by Gasteiger charge is -2.14. The van der Waals surface area contributed by atoms with E-state index in [4.69, 9.17) is 15.0 Å². The molecule has 0 fully saturated rings. The largest absolute Gasteiger partial charge is 0.306 e. The van der Waals surface area contributed by atoms with Crippen molar-refractivity contribution in [3.8, 4) is 44.9 Å². The molecule has 0 amide bonds. The van der Waals surface area contributed by atoms with E-state index >= 15 is 0 Å². The van der Waals surface area contributed by atoms with Gasteiger partial charge in [-0.1, -0.05) is 109 Å². The number of nitrogens with zero attached hydrogens (tertiary/aromatic N) is 4. The zero-order valence-corrected chi connectivity index (χ0v) is 24.3. The Hall–Kier alpha value is -6.13. The first-order valence-electron chi connectivity index (χ1n) is 15.1. The van der Waals surface area contributed by atoms with E-state index in [0.29, 0.717) is 0 Å². The second-order valence-electron chi connectivity index (χ2n) is 11.4. The van der Waals surface area contributed by atoms with E-state index in [0.717, 1.165) is 77.7 Å². The number of pyridine rings is 3. The molecular weight excluding hydrogens is 548 g/mol. The molecule has 9 rings (SSSR count). The molecule has 0 unspecified atom stereocenters. The molecule has 4 heterocycles. The number of aromatic nitrogens is 4. The van der Waals surface area contributed by atoms with Gasteiger partial charge in [-0.3, -0.25) is 0 Å². The van der Waals surface area contributed by atoms with E-state index in [1.54, 1.807) is 0 Å². The van der Waals surface area contributed by atoms with E-state index in [1.165, 1.54) is 5.39 Å². The summed E-state index contributed by atoms with van der Waals surface area (Å²) in [4.78, 5) is 15.3. The molecule has 0 radical (unpaired) electrons. The Bertz CT molecular complexity index is 2520. The second kappa shape index (κ2) is 10.2. The summed E-state index contributed by atoms with van der Waals surface area (Å²) in [6.07, 6.45) is 4.25. The van der Waals surface area contributed by atoms with E-state index in [9.17, 15) is 0 Å². The zero-order valence-electron chi connectivity index (χ0n) is 24.3. The second-order valence-corrected chi connectivity index (χ2v) is 11.4. The van der Waals surface area contributed by atoms with Crippen LogP contribution >= 0.6 is 0 Å². The smallest absolute Gasteiger partial charge is 0.137 e. The maximum atomic E-state index is 5.35. The van der Waals surface area contributed by atoms with Crippen molar-refractivity contribution in [3.63, 3.8) is 0 Å². The van der Waals surface area contributed by atoms with Gasteiger partial charge in [-0.15, -0.1) is 0 Å². The highest BCUT2D eigenvalue weighted by atomic mass is 15.0. The standard InChI is InChI=1S/C41H26N4/c1-4-10-27(11-5-1)35-21-20-34-36(42-35)22-19-33-32-18-16-30(24-37(32)44-41(40(33)34)29-14-8-3-9-15-29)31-17-23-39-43-38(26-45(39)25-31)28-12-6-2-7-13-28/h1-26H. The summed E-state index contributed by atoms with van der Waals surface area (Å²) in [6.45, 7) is 0. The van der Waals surface area contributed by atoms with E-state index < -0.39 is 0 Å². The van der Waals surface area contributed by atoms with Crippen molar-refractivity contribution < 1.29 is 0 Å². The predicted octanol–water partition coefficient (Wildman–Crippen LogP) is 10.3. The number of rotatable bonds is 4. The highest BCUT2D eigenvalue weighted by molar-refractivity contribution is 6.21. The predicted molar refractivity (Wildman–Crippen MR) is 185 cm³/mol. The normalized spacial score (nSPS) is 11.6. The minimum Gasteiger partial charge on any atom is -0.306 e. The topological polar surface area (TPSA) is 43.1 Å². The quantitative estimate of drug-likeness (QED) is 0.196. The van der Waals surface area contributed by atoms with Gasteiger partial charge in [0.2, 0.25) is 0 Å². The van der Waals surface area contributed by atoms with Crippen molar-refractivity contribution in [2.24, 2.45) is 0 Å². The molecule has 0 atom stereocenters. The van der Waals surface area contributed by atoms with Crippen molar-refractivity contribution in [1.29, 1.82) is 0 Å². The molecule has 45 heavy (non-hydrogen) atoms. The Labute approximate surface area is 259 Å². The third kappa shape index (κ3) is 4.35. The van der Waals surface area contributed by atoms with E-state index in [-0.39, 0.29) is 0 Å². The highest BCUT2D eigenvalue weighted by Gasteiger charge is 2.16. The van der Waals surface area contributed by atoms with E-state index in [1.807, 2.05) is 30.3 Å². The molecule has 0 spiro atoms. The summed E-state index contributed by atoms with van der Waals surface area (Å²) in [7, 11) is 0.